The van der Waals surface area contributed by atoms with Crippen LogP contribution in [0.15, 0.2) is 36.5 Å². The molecule has 1 heteroatoms. The minimum atomic E-state index is 0.220. The van der Waals surface area contributed by atoms with E-state index in [1.807, 2.05) is 0 Å². The van der Waals surface area contributed by atoms with Crippen LogP contribution < -0.4 is 5.73 Å². The van der Waals surface area contributed by atoms with E-state index >= 15 is 0 Å². The smallest absolute Gasteiger partial charge is 0.0115 e. The van der Waals surface area contributed by atoms with Crippen LogP contribution in [0.2, 0.25) is 0 Å². The fraction of sp³-hybridized carbons (Fsp3) is 0.385. The quantitative estimate of drug-likeness (QED) is 0.760. The lowest BCUT2D eigenvalue weighted by Crippen LogP contribution is -2.10. The highest BCUT2D eigenvalue weighted by Gasteiger charge is 2.12. The first-order chi connectivity index (χ1) is 6.39. The largest absolute Gasteiger partial charge is 0.402 e. The second kappa shape index (κ2) is 3.87. The van der Waals surface area contributed by atoms with Gasteiger partial charge in [-0.05, 0) is 16.5 Å². The minimum absolute atomic E-state index is 0.220. The maximum atomic E-state index is 5.55. The summed E-state index contributed by atoms with van der Waals surface area (Å²) >= 11 is 0. The average molecular weight is 189 g/mol. The lowest BCUT2D eigenvalue weighted by atomic mass is 9.86. The Morgan fingerprint density at radius 1 is 1.21 bits per heavy atom. The second-order valence-corrected chi connectivity index (χ2v) is 4.78. The van der Waals surface area contributed by atoms with Crippen molar-refractivity contribution in [3.8, 4) is 0 Å². The molecule has 0 bridgehead atoms. The molecule has 1 aromatic carbocycles. The number of hydrogen-bond donors (Lipinski definition) is 1. The zero-order valence-electron chi connectivity index (χ0n) is 9.30. The molecule has 0 aromatic heterocycles. The Kier molecular flexibility index (Phi) is 3.00. The zero-order chi connectivity index (χ0) is 10.8. The third-order valence-electron chi connectivity index (χ3n) is 2.25. The SMILES string of the molecule is C=C(N)Cc1ccc(C(C)(C)C)cc1. The van der Waals surface area contributed by atoms with E-state index in [2.05, 4.69) is 51.6 Å². The average Bonchev–Trinajstić information content (AvgIpc) is 2.02. The van der Waals surface area contributed by atoms with Crippen LogP contribution in [0.3, 0.4) is 0 Å². The van der Waals surface area contributed by atoms with Gasteiger partial charge < -0.3 is 5.73 Å². The number of rotatable bonds is 2. The molecule has 0 radical (unpaired) electrons. The summed E-state index contributed by atoms with van der Waals surface area (Å²) in [5, 5.41) is 0. The molecule has 0 saturated carbocycles. The van der Waals surface area contributed by atoms with Crippen molar-refractivity contribution >= 4 is 0 Å². The first-order valence-corrected chi connectivity index (χ1v) is 4.92. The van der Waals surface area contributed by atoms with Crippen molar-refractivity contribution in [2.75, 3.05) is 0 Å². The monoisotopic (exact) mass is 189 g/mol. The molecule has 0 unspecified atom stereocenters. The van der Waals surface area contributed by atoms with Gasteiger partial charge in [-0.25, -0.2) is 0 Å². The van der Waals surface area contributed by atoms with Gasteiger partial charge in [0.15, 0.2) is 0 Å². The van der Waals surface area contributed by atoms with Crippen LogP contribution in [0, 0.1) is 0 Å². The summed E-state index contributed by atoms with van der Waals surface area (Å²) in [7, 11) is 0. The van der Waals surface area contributed by atoms with Crippen molar-refractivity contribution in [2.45, 2.75) is 32.6 Å². The molecule has 0 aliphatic carbocycles. The van der Waals surface area contributed by atoms with E-state index in [4.69, 9.17) is 5.73 Å². The van der Waals surface area contributed by atoms with Crippen molar-refractivity contribution in [2.24, 2.45) is 5.73 Å². The van der Waals surface area contributed by atoms with Crippen molar-refractivity contribution in [1.82, 2.24) is 0 Å². The van der Waals surface area contributed by atoms with Crippen LogP contribution in [0.1, 0.15) is 31.9 Å². The summed E-state index contributed by atoms with van der Waals surface area (Å²) in [5.74, 6) is 0. The van der Waals surface area contributed by atoms with E-state index in [9.17, 15) is 0 Å². The molecule has 14 heavy (non-hydrogen) atoms. The van der Waals surface area contributed by atoms with Crippen molar-refractivity contribution in [3.05, 3.63) is 47.7 Å². The van der Waals surface area contributed by atoms with Gasteiger partial charge in [0.1, 0.15) is 0 Å². The van der Waals surface area contributed by atoms with Gasteiger partial charge in [0.05, 0.1) is 0 Å². The Morgan fingerprint density at radius 3 is 2.07 bits per heavy atom. The third kappa shape index (κ3) is 2.91. The molecule has 0 saturated heterocycles. The van der Waals surface area contributed by atoms with E-state index in [1.165, 1.54) is 11.1 Å². The van der Waals surface area contributed by atoms with Gasteiger partial charge in [-0.2, -0.15) is 0 Å². The van der Waals surface area contributed by atoms with Gasteiger partial charge in [-0.15, -0.1) is 0 Å². The van der Waals surface area contributed by atoms with Gasteiger partial charge in [-0.1, -0.05) is 51.6 Å². The van der Waals surface area contributed by atoms with Crippen LogP contribution in [-0.2, 0) is 11.8 Å². The number of allylic oxidation sites excluding steroid dienone is 1. The van der Waals surface area contributed by atoms with E-state index < -0.39 is 0 Å². The Labute approximate surface area is 86.6 Å². The van der Waals surface area contributed by atoms with E-state index in [0.29, 0.717) is 5.70 Å². The normalized spacial score (nSPS) is 11.4. The molecule has 2 N–H and O–H groups in total. The van der Waals surface area contributed by atoms with Gasteiger partial charge in [0, 0.05) is 12.1 Å². The highest BCUT2D eigenvalue weighted by molar-refractivity contribution is 5.29. The molecular weight excluding hydrogens is 170 g/mol. The Hall–Kier alpha value is -1.24. The Balaban J connectivity index is 2.84. The van der Waals surface area contributed by atoms with Gasteiger partial charge in [-0.3, -0.25) is 0 Å². The molecule has 0 aliphatic rings. The molecule has 1 aromatic rings. The van der Waals surface area contributed by atoms with Crippen LogP contribution in [0.4, 0.5) is 0 Å². The molecule has 1 nitrogen and oxygen atoms in total. The minimum Gasteiger partial charge on any atom is -0.402 e. The van der Waals surface area contributed by atoms with Crippen LogP contribution in [0.25, 0.3) is 0 Å². The maximum absolute atomic E-state index is 5.55. The Morgan fingerprint density at radius 2 is 1.71 bits per heavy atom. The summed E-state index contributed by atoms with van der Waals surface area (Å²) in [6.07, 6.45) is 0.768. The summed E-state index contributed by atoms with van der Waals surface area (Å²) in [5.41, 5.74) is 9.07. The van der Waals surface area contributed by atoms with Crippen LogP contribution >= 0.6 is 0 Å². The Bertz CT molecular complexity index is 314. The summed E-state index contributed by atoms with van der Waals surface area (Å²) < 4.78 is 0. The molecule has 76 valence electrons. The molecule has 0 amide bonds. The van der Waals surface area contributed by atoms with Crippen LogP contribution in [-0.4, -0.2) is 0 Å². The molecule has 0 atom stereocenters. The van der Waals surface area contributed by atoms with Crippen LogP contribution in [0.5, 0.6) is 0 Å². The predicted octanol–water partition coefficient (Wildman–Crippen LogP) is 3.00. The lowest BCUT2D eigenvalue weighted by Gasteiger charge is -2.19. The number of benzene rings is 1. The maximum Gasteiger partial charge on any atom is 0.0115 e. The highest BCUT2D eigenvalue weighted by atomic mass is 14.6. The van der Waals surface area contributed by atoms with E-state index in [0.717, 1.165) is 6.42 Å². The molecule has 0 aliphatic heterocycles. The summed E-state index contributed by atoms with van der Waals surface area (Å²) in [6, 6.07) is 8.58. The van der Waals surface area contributed by atoms with Gasteiger partial charge in [0.2, 0.25) is 0 Å². The van der Waals surface area contributed by atoms with Gasteiger partial charge >= 0.3 is 0 Å². The zero-order valence-corrected chi connectivity index (χ0v) is 9.30. The molecule has 0 heterocycles. The second-order valence-electron chi connectivity index (χ2n) is 4.78. The first kappa shape index (κ1) is 10.8. The number of nitrogens with two attached hydrogens (primary N) is 1. The highest BCUT2D eigenvalue weighted by Crippen LogP contribution is 2.22. The van der Waals surface area contributed by atoms with Crippen molar-refractivity contribution in [3.63, 3.8) is 0 Å². The van der Waals surface area contributed by atoms with Crippen molar-refractivity contribution in [1.29, 1.82) is 0 Å². The van der Waals surface area contributed by atoms with E-state index in [-0.39, 0.29) is 5.41 Å². The van der Waals surface area contributed by atoms with E-state index in [1.54, 1.807) is 0 Å². The molecular formula is C13H19N. The summed E-state index contributed by atoms with van der Waals surface area (Å²) in [6.45, 7) is 10.3. The third-order valence-corrected chi connectivity index (χ3v) is 2.25. The first-order valence-electron chi connectivity index (χ1n) is 4.92. The summed E-state index contributed by atoms with van der Waals surface area (Å²) in [4.78, 5) is 0. The topological polar surface area (TPSA) is 26.0 Å². The molecule has 0 spiro atoms. The molecule has 0 fully saturated rings. The standard InChI is InChI=1S/C13H19N/c1-10(14)9-11-5-7-12(8-6-11)13(2,3)4/h5-8H,1,9,14H2,2-4H3. The fourth-order valence-corrected chi connectivity index (χ4v) is 1.38. The predicted molar refractivity (Wildman–Crippen MR) is 62.2 cm³/mol. The number of hydrogen-bond acceptors (Lipinski definition) is 1. The van der Waals surface area contributed by atoms with Gasteiger partial charge in [0.25, 0.3) is 0 Å². The fourth-order valence-electron chi connectivity index (χ4n) is 1.38. The lowest BCUT2D eigenvalue weighted by molar-refractivity contribution is 0.590. The molecule has 1 rings (SSSR count). The van der Waals surface area contributed by atoms with Crippen molar-refractivity contribution < 1.29 is 0 Å².